The maximum atomic E-state index is 4.62. The predicted molar refractivity (Wildman–Crippen MR) is 86.3 cm³/mol. The molecular formula is C18H25N3. The molecule has 112 valence electrons. The summed E-state index contributed by atoms with van der Waals surface area (Å²) in [6.07, 6.45) is 1.27. The minimum Gasteiger partial charge on any atom is -0.309 e. The van der Waals surface area contributed by atoms with Gasteiger partial charge in [0.05, 0.1) is 17.4 Å². The number of aromatic nitrogens is 2. The first kappa shape index (κ1) is 14.3. The highest BCUT2D eigenvalue weighted by Crippen LogP contribution is 2.54. The number of nitrogens with one attached hydrogen (secondary N) is 1. The lowest BCUT2D eigenvalue weighted by molar-refractivity contribution is 0.444. The van der Waals surface area contributed by atoms with E-state index in [-0.39, 0.29) is 0 Å². The fourth-order valence-corrected chi connectivity index (χ4v) is 3.43. The smallest absolute Gasteiger partial charge is 0.0597 e. The van der Waals surface area contributed by atoms with Crippen LogP contribution in [-0.4, -0.2) is 16.3 Å². The summed E-state index contributed by atoms with van der Waals surface area (Å²) in [5.41, 5.74) is 3.94. The van der Waals surface area contributed by atoms with Gasteiger partial charge in [0, 0.05) is 6.54 Å². The van der Waals surface area contributed by atoms with Crippen molar-refractivity contribution in [3.05, 3.63) is 53.3 Å². The molecule has 21 heavy (non-hydrogen) atoms. The van der Waals surface area contributed by atoms with Crippen LogP contribution >= 0.6 is 0 Å². The molecule has 1 aliphatic rings. The van der Waals surface area contributed by atoms with E-state index >= 15 is 0 Å². The summed E-state index contributed by atoms with van der Waals surface area (Å²) in [6.45, 7) is 8.37. The molecule has 1 aromatic carbocycles. The van der Waals surface area contributed by atoms with Gasteiger partial charge in [-0.1, -0.05) is 37.3 Å². The number of rotatable bonds is 6. The van der Waals surface area contributed by atoms with Crippen LogP contribution in [0.25, 0.3) is 0 Å². The summed E-state index contributed by atoms with van der Waals surface area (Å²) in [6, 6.07) is 13.6. The van der Waals surface area contributed by atoms with Crippen molar-refractivity contribution in [1.82, 2.24) is 15.1 Å². The molecule has 3 atom stereocenters. The molecule has 1 fully saturated rings. The second kappa shape index (κ2) is 6.02. The Morgan fingerprint density at radius 2 is 2.05 bits per heavy atom. The zero-order valence-corrected chi connectivity index (χ0v) is 13.2. The third-order valence-electron chi connectivity index (χ3n) is 4.47. The average Bonchev–Trinajstić information content (AvgIpc) is 3.21. The van der Waals surface area contributed by atoms with Gasteiger partial charge in [-0.15, -0.1) is 0 Å². The number of aryl methyl sites for hydroxylation is 2. The van der Waals surface area contributed by atoms with Crippen molar-refractivity contribution in [3.63, 3.8) is 0 Å². The van der Waals surface area contributed by atoms with E-state index in [1.54, 1.807) is 0 Å². The molecule has 0 saturated heterocycles. The molecule has 1 heterocycles. The summed E-state index contributed by atoms with van der Waals surface area (Å²) < 4.78 is 2.16. The van der Waals surface area contributed by atoms with E-state index in [9.17, 15) is 0 Å². The molecule has 3 heteroatoms. The molecule has 3 rings (SSSR count). The number of benzene rings is 1. The third-order valence-corrected chi connectivity index (χ3v) is 4.47. The molecule has 0 radical (unpaired) electrons. The highest BCUT2D eigenvalue weighted by molar-refractivity contribution is 5.29. The minimum atomic E-state index is 0.418. The largest absolute Gasteiger partial charge is 0.309 e. The normalized spacial score (nSPS) is 22.2. The first-order valence-corrected chi connectivity index (χ1v) is 8.07. The van der Waals surface area contributed by atoms with Crippen molar-refractivity contribution < 1.29 is 0 Å². The predicted octanol–water partition coefficient (Wildman–Crippen LogP) is 3.67. The van der Waals surface area contributed by atoms with Crippen molar-refractivity contribution >= 4 is 0 Å². The molecule has 0 aliphatic heterocycles. The van der Waals surface area contributed by atoms with Crippen LogP contribution in [-0.2, 0) is 6.54 Å². The van der Waals surface area contributed by atoms with E-state index < -0.39 is 0 Å². The van der Waals surface area contributed by atoms with Gasteiger partial charge < -0.3 is 5.32 Å². The van der Waals surface area contributed by atoms with Crippen molar-refractivity contribution in [2.24, 2.45) is 5.92 Å². The van der Waals surface area contributed by atoms with E-state index in [0.717, 1.165) is 18.8 Å². The van der Waals surface area contributed by atoms with E-state index in [1.807, 2.05) is 0 Å². The van der Waals surface area contributed by atoms with Crippen LogP contribution in [0.5, 0.6) is 0 Å². The molecule has 3 unspecified atom stereocenters. The van der Waals surface area contributed by atoms with Crippen LogP contribution in [0.15, 0.2) is 36.4 Å². The van der Waals surface area contributed by atoms with E-state index in [1.165, 1.54) is 17.7 Å². The Kier molecular flexibility index (Phi) is 4.11. The average molecular weight is 283 g/mol. The Morgan fingerprint density at radius 3 is 2.71 bits per heavy atom. The van der Waals surface area contributed by atoms with E-state index in [2.05, 4.69) is 72.3 Å². The molecule has 1 aromatic heterocycles. The molecule has 0 amide bonds. The summed E-state index contributed by atoms with van der Waals surface area (Å²) >= 11 is 0. The molecule has 1 N–H and O–H groups in total. The van der Waals surface area contributed by atoms with Crippen LogP contribution in [0.4, 0.5) is 0 Å². The second-order valence-corrected chi connectivity index (χ2v) is 5.98. The van der Waals surface area contributed by atoms with Gasteiger partial charge in [-0.2, -0.15) is 5.10 Å². The number of hydrogen-bond donors (Lipinski definition) is 1. The maximum absolute atomic E-state index is 4.62. The molecular weight excluding hydrogens is 258 g/mol. The Morgan fingerprint density at radius 1 is 1.29 bits per heavy atom. The monoisotopic (exact) mass is 283 g/mol. The van der Waals surface area contributed by atoms with Crippen LogP contribution in [0.3, 0.4) is 0 Å². The molecule has 1 saturated carbocycles. The van der Waals surface area contributed by atoms with Gasteiger partial charge in [-0.05, 0) is 50.3 Å². The summed E-state index contributed by atoms with van der Waals surface area (Å²) in [4.78, 5) is 0. The fourth-order valence-electron chi connectivity index (χ4n) is 3.43. The van der Waals surface area contributed by atoms with Gasteiger partial charge >= 0.3 is 0 Å². The Hall–Kier alpha value is -1.61. The van der Waals surface area contributed by atoms with Crippen molar-refractivity contribution in [2.75, 3.05) is 6.54 Å². The van der Waals surface area contributed by atoms with Crippen molar-refractivity contribution in [3.8, 4) is 0 Å². The van der Waals surface area contributed by atoms with Gasteiger partial charge in [0.15, 0.2) is 0 Å². The second-order valence-electron chi connectivity index (χ2n) is 5.98. The van der Waals surface area contributed by atoms with Gasteiger partial charge in [0.2, 0.25) is 0 Å². The highest BCUT2D eigenvalue weighted by atomic mass is 15.3. The summed E-state index contributed by atoms with van der Waals surface area (Å²) in [5.74, 6) is 1.38. The van der Waals surface area contributed by atoms with E-state index in [0.29, 0.717) is 17.9 Å². The maximum Gasteiger partial charge on any atom is 0.0597 e. The zero-order valence-electron chi connectivity index (χ0n) is 13.2. The first-order chi connectivity index (χ1) is 10.2. The Labute approximate surface area is 127 Å². The SMILES string of the molecule is CCNC(c1cc(C)nn1CC)C1CC1c1ccccc1. The first-order valence-electron chi connectivity index (χ1n) is 8.07. The van der Waals surface area contributed by atoms with Crippen molar-refractivity contribution in [1.29, 1.82) is 0 Å². The van der Waals surface area contributed by atoms with Gasteiger partial charge in [0.1, 0.15) is 0 Å². The summed E-state index contributed by atoms with van der Waals surface area (Å²) in [7, 11) is 0. The topological polar surface area (TPSA) is 29.9 Å². The Bertz CT molecular complexity index is 588. The van der Waals surface area contributed by atoms with Crippen LogP contribution < -0.4 is 5.32 Å². The quantitative estimate of drug-likeness (QED) is 0.876. The highest BCUT2D eigenvalue weighted by Gasteiger charge is 2.45. The lowest BCUT2D eigenvalue weighted by Gasteiger charge is -2.19. The third kappa shape index (κ3) is 2.88. The molecule has 3 nitrogen and oxygen atoms in total. The molecule has 2 aromatic rings. The fraction of sp³-hybridized carbons (Fsp3) is 0.500. The van der Waals surface area contributed by atoms with E-state index in [4.69, 9.17) is 0 Å². The van der Waals surface area contributed by atoms with Crippen LogP contribution in [0.1, 0.15) is 49.2 Å². The van der Waals surface area contributed by atoms with Crippen molar-refractivity contribution in [2.45, 2.75) is 45.7 Å². The lowest BCUT2D eigenvalue weighted by atomic mass is 10.0. The number of hydrogen-bond acceptors (Lipinski definition) is 2. The minimum absolute atomic E-state index is 0.418. The Balaban J connectivity index is 1.83. The van der Waals surface area contributed by atoms with Crippen LogP contribution in [0, 0.1) is 12.8 Å². The van der Waals surface area contributed by atoms with Gasteiger partial charge in [-0.25, -0.2) is 0 Å². The number of nitrogens with zero attached hydrogens (tertiary/aromatic N) is 2. The zero-order chi connectivity index (χ0) is 14.8. The molecule has 0 spiro atoms. The lowest BCUT2D eigenvalue weighted by Crippen LogP contribution is -2.26. The van der Waals surface area contributed by atoms with Crippen LogP contribution in [0.2, 0.25) is 0 Å². The summed E-state index contributed by atoms with van der Waals surface area (Å²) in [5, 5.41) is 8.30. The standard InChI is InChI=1S/C18H25N3/c1-4-19-18(17-11-13(3)20-21(17)5-2)16-12-15(16)14-9-7-6-8-10-14/h6-11,15-16,18-19H,4-5,12H2,1-3H3. The van der Waals surface area contributed by atoms with Gasteiger partial charge in [0.25, 0.3) is 0 Å². The molecule has 1 aliphatic carbocycles. The molecule has 0 bridgehead atoms. The van der Waals surface area contributed by atoms with Gasteiger partial charge in [-0.3, -0.25) is 4.68 Å².